The van der Waals surface area contributed by atoms with Gasteiger partial charge < -0.3 is 9.73 Å². The van der Waals surface area contributed by atoms with Gasteiger partial charge in [-0.1, -0.05) is 23.7 Å². The molecule has 0 aliphatic heterocycles. The van der Waals surface area contributed by atoms with Crippen molar-refractivity contribution in [1.29, 1.82) is 0 Å². The van der Waals surface area contributed by atoms with Gasteiger partial charge in [0.2, 0.25) is 0 Å². The summed E-state index contributed by atoms with van der Waals surface area (Å²) in [6.07, 6.45) is 4.03. The topological polar surface area (TPSA) is 112 Å². The molecule has 4 rings (SSSR count). The number of halogens is 1. The molecule has 4 aromatic rings. The number of benzene rings is 1. The van der Waals surface area contributed by atoms with Crippen LogP contribution in [0, 0.1) is 0 Å². The lowest BCUT2D eigenvalue weighted by atomic mass is 10.2. The van der Waals surface area contributed by atoms with Crippen LogP contribution in [0.25, 0.3) is 11.0 Å². The molecule has 3 aromatic heterocycles. The maximum absolute atomic E-state index is 12.8. The number of carbonyl (C=O) groups is 1. The molecule has 0 bridgehead atoms. The van der Waals surface area contributed by atoms with Crippen molar-refractivity contribution in [2.24, 2.45) is 0 Å². The standard InChI is InChI=1S/C20H16ClN5O4/c21-15-3-1-2-13(8-15)10-25-12-23-18-16(20(25)29)9-24-26(18)7-6-22-19(28)14-4-5-17(27)30-11-14/h1-5,8-9,11-12H,6-7,10H2,(H,22,28). The molecule has 0 aliphatic rings. The van der Waals surface area contributed by atoms with Crippen LogP contribution in [0.3, 0.4) is 0 Å². The summed E-state index contributed by atoms with van der Waals surface area (Å²) in [5.41, 5.74) is 0.818. The summed E-state index contributed by atoms with van der Waals surface area (Å²) in [6, 6.07) is 9.83. The molecule has 152 valence electrons. The molecule has 0 atom stereocenters. The summed E-state index contributed by atoms with van der Waals surface area (Å²) < 4.78 is 7.71. The average Bonchev–Trinajstić information content (AvgIpc) is 3.14. The number of nitrogens with one attached hydrogen (secondary N) is 1. The fourth-order valence-electron chi connectivity index (χ4n) is 2.97. The van der Waals surface area contributed by atoms with E-state index in [-0.39, 0.29) is 23.6 Å². The van der Waals surface area contributed by atoms with Gasteiger partial charge in [0.15, 0.2) is 5.65 Å². The van der Waals surface area contributed by atoms with Gasteiger partial charge in [-0.15, -0.1) is 0 Å². The first-order valence-corrected chi connectivity index (χ1v) is 9.41. The third kappa shape index (κ3) is 4.15. The molecule has 0 fully saturated rings. The Morgan fingerprint density at radius 1 is 1.20 bits per heavy atom. The van der Waals surface area contributed by atoms with Gasteiger partial charge in [0.1, 0.15) is 18.0 Å². The van der Waals surface area contributed by atoms with Gasteiger partial charge >= 0.3 is 5.63 Å². The monoisotopic (exact) mass is 425 g/mol. The lowest BCUT2D eigenvalue weighted by molar-refractivity contribution is 0.0949. The van der Waals surface area contributed by atoms with Crippen molar-refractivity contribution in [2.75, 3.05) is 6.54 Å². The first-order valence-electron chi connectivity index (χ1n) is 9.04. The number of nitrogens with zero attached hydrogens (tertiary/aromatic N) is 4. The Hall–Kier alpha value is -3.72. The maximum Gasteiger partial charge on any atom is 0.335 e. The summed E-state index contributed by atoms with van der Waals surface area (Å²) in [4.78, 5) is 40.1. The third-order valence-electron chi connectivity index (χ3n) is 4.44. The minimum absolute atomic E-state index is 0.213. The van der Waals surface area contributed by atoms with Crippen LogP contribution in [-0.2, 0) is 13.1 Å². The van der Waals surface area contributed by atoms with E-state index in [9.17, 15) is 14.4 Å². The Labute approximate surface area is 174 Å². The van der Waals surface area contributed by atoms with Crippen LogP contribution in [0.2, 0.25) is 5.02 Å². The van der Waals surface area contributed by atoms with Gasteiger partial charge in [-0.3, -0.25) is 14.2 Å². The van der Waals surface area contributed by atoms with Crippen LogP contribution in [0.1, 0.15) is 15.9 Å². The molecule has 0 unspecified atom stereocenters. The van der Waals surface area contributed by atoms with E-state index in [1.807, 2.05) is 12.1 Å². The lowest BCUT2D eigenvalue weighted by Gasteiger charge is -2.07. The molecule has 0 saturated carbocycles. The van der Waals surface area contributed by atoms with Gasteiger partial charge in [-0.05, 0) is 23.8 Å². The van der Waals surface area contributed by atoms with E-state index in [0.29, 0.717) is 29.1 Å². The molecule has 1 aromatic carbocycles. The van der Waals surface area contributed by atoms with Gasteiger partial charge in [-0.25, -0.2) is 14.5 Å². The molecule has 30 heavy (non-hydrogen) atoms. The van der Waals surface area contributed by atoms with Gasteiger partial charge in [0, 0.05) is 17.6 Å². The summed E-state index contributed by atoms with van der Waals surface area (Å²) in [5.74, 6) is -0.382. The van der Waals surface area contributed by atoms with E-state index in [2.05, 4.69) is 19.8 Å². The van der Waals surface area contributed by atoms with Crippen LogP contribution in [0.4, 0.5) is 0 Å². The third-order valence-corrected chi connectivity index (χ3v) is 4.67. The Morgan fingerprint density at radius 3 is 2.83 bits per heavy atom. The van der Waals surface area contributed by atoms with Crippen molar-refractivity contribution >= 4 is 28.5 Å². The highest BCUT2D eigenvalue weighted by Crippen LogP contribution is 2.12. The van der Waals surface area contributed by atoms with Crippen LogP contribution < -0.4 is 16.5 Å². The molecule has 0 radical (unpaired) electrons. The van der Waals surface area contributed by atoms with Gasteiger partial charge in [0.25, 0.3) is 11.5 Å². The van der Waals surface area contributed by atoms with Gasteiger partial charge in [-0.2, -0.15) is 5.10 Å². The zero-order chi connectivity index (χ0) is 21.1. The van der Waals surface area contributed by atoms with Crippen molar-refractivity contribution in [3.05, 3.63) is 92.1 Å². The number of hydrogen-bond acceptors (Lipinski definition) is 6. The molecular weight excluding hydrogens is 410 g/mol. The summed E-state index contributed by atoms with van der Waals surface area (Å²) in [6.45, 7) is 0.912. The number of hydrogen-bond donors (Lipinski definition) is 1. The normalized spacial score (nSPS) is 11.0. The highest BCUT2D eigenvalue weighted by atomic mass is 35.5. The quantitative estimate of drug-likeness (QED) is 0.503. The second kappa shape index (κ2) is 8.34. The molecule has 1 amide bonds. The van der Waals surface area contributed by atoms with E-state index in [0.717, 1.165) is 11.8 Å². The Kier molecular flexibility index (Phi) is 5.44. The smallest absolute Gasteiger partial charge is 0.335 e. The average molecular weight is 426 g/mol. The molecule has 10 heteroatoms. The summed E-state index contributed by atoms with van der Waals surface area (Å²) in [5, 5.41) is 7.89. The van der Waals surface area contributed by atoms with Crippen molar-refractivity contribution in [3.63, 3.8) is 0 Å². The largest absolute Gasteiger partial charge is 0.430 e. The molecule has 0 spiro atoms. The predicted octanol–water partition coefficient (Wildman–Crippen LogP) is 1.68. The first-order chi connectivity index (χ1) is 14.5. The minimum Gasteiger partial charge on any atom is -0.430 e. The van der Waals surface area contributed by atoms with E-state index in [1.54, 1.807) is 16.8 Å². The van der Waals surface area contributed by atoms with Crippen LogP contribution in [-0.4, -0.2) is 31.8 Å². The Bertz CT molecular complexity index is 1320. The van der Waals surface area contributed by atoms with E-state index in [4.69, 9.17) is 11.6 Å². The lowest BCUT2D eigenvalue weighted by Crippen LogP contribution is -2.28. The fourth-order valence-corrected chi connectivity index (χ4v) is 3.18. The zero-order valence-electron chi connectivity index (χ0n) is 15.6. The molecule has 0 saturated heterocycles. The molecule has 3 heterocycles. The van der Waals surface area contributed by atoms with Crippen molar-refractivity contribution in [1.82, 2.24) is 24.6 Å². The summed E-state index contributed by atoms with van der Waals surface area (Å²) in [7, 11) is 0. The SMILES string of the molecule is O=C(NCCn1ncc2c(=O)n(Cc3cccc(Cl)c3)cnc21)c1ccc(=O)oc1. The summed E-state index contributed by atoms with van der Waals surface area (Å²) >= 11 is 6.00. The molecular formula is C20H16ClN5O4. The number of amides is 1. The maximum atomic E-state index is 12.8. The van der Waals surface area contributed by atoms with Gasteiger partial charge in [0.05, 0.1) is 24.8 Å². The van der Waals surface area contributed by atoms with E-state index in [1.165, 1.54) is 29.2 Å². The fraction of sp³-hybridized carbons (Fsp3) is 0.150. The van der Waals surface area contributed by atoms with Crippen LogP contribution in [0.15, 0.2) is 69.2 Å². The highest BCUT2D eigenvalue weighted by Gasteiger charge is 2.11. The number of carbonyl (C=O) groups excluding carboxylic acids is 1. The second-order valence-electron chi connectivity index (χ2n) is 6.51. The van der Waals surface area contributed by atoms with E-state index < -0.39 is 5.63 Å². The predicted molar refractivity (Wildman–Crippen MR) is 110 cm³/mol. The Balaban J connectivity index is 1.46. The van der Waals surface area contributed by atoms with Crippen molar-refractivity contribution in [3.8, 4) is 0 Å². The number of aromatic nitrogens is 4. The molecule has 9 nitrogen and oxygen atoms in total. The zero-order valence-corrected chi connectivity index (χ0v) is 16.4. The van der Waals surface area contributed by atoms with Crippen molar-refractivity contribution < 1.29 is 9.21 Å². The highest BCUT2D eigenvalue weighted by molar-refractivity contribution is 6.30. The minimum atomic E-state index is -0.526. The van der Waals surface area contributed by atoms with Crippen LogP contribution in [0.5, 0.6) is 0 Å². The first kappa shape index (κ1) is 19.6. The van der Waals surface area contributed by atoms with Crippen molar-refractivity contribution in [2.45, 2.75) is 13.1 Å². The second-order valence-corrected chi connectivity index (χ2v) is 6.95. The van der Waals surface area contributed by atoms with E-state index >= 15 is 0 Å². The number of fused-ring (bicyclic) bond motifs is 1. The number of rotatable bonds is 6. The molecule has 1 N–H and O–H groups in total. The Morgan fingerprint density at radius 2 is 2.07 bits per heavy atom. The molecule has 0 aliphatic carbocycles. The van der Waals surface area contributed by atoms with Crippen LogP contribution >= 0.6 is 11.6 Å².